The molecule has 0 amide bonds. The first-order valence-electron chi connectivity index (χ1n) is 7.52. The van der Waals surface area contributed by atoms with E-state index in [0.717, 1.165) is 16.8 Å². The zero-order valence-electron chi connectivity index (χ0n) is 13.2. The van der Waals surface area contributed by atoms with E-state index >= 15 is 0 Å². The van der Waals surface area contributed by atoms with Gasteiger partial charge in [-0.2, -0.15) is 0 Å². The second kappa shape index (κ2) is 7.23. The standard InChI is InChI=1S/C18H16ClN3O2S/c1-2-11-21-25(23,24)14-8-6-13(7-9-14)22-17-10-12-20-18-15(17)4-3-5-16(18)19/h2-10,12,21H,1,11H2,(H,20,22). The van der Waals surface area contributed by atoms with Crippen LogP contribution in [0.3, 0.4) is 0 Å². The largest absolute Gasteiger partial charge is 0.355 e. The van der Waals surface area contributed by atoms with Crippen LogP contribution in [0.1, 0.15) is 0 Å². The van der Waals surface area contributed by atoms with Gasteiger partial charge in [0.1, 0.15) is 0 Å². The summed E-state index contributed by atoms with van der Waals surface area (Å²) >= 11 is 6.17. The van der Waals surface area contributed by atoms with Crippen molar-refractivity contribution >= 4 is 43.9 Å². The summed E-state index contributed by atoms with van der Waals surface area (Å²) in [5.74, 6) is 0. The number of sulfonamides is 1. The third-order valence-corrected chi connectivity index (χ3v) is 5.33. The van der Waals surface area contributed by atoms with Crippen LogP contribution in [0, 0.1) is 0 Å². The lowest BCUT2D eigenvalue weighted by molar-refractivity contribution is 0.585. The average Bonchev–Trinajstić information content (AvgIpc) is 2.61. The van der Waals surface area contributed by atoms with Crippen LogP contribution in [0.2, 0.25) is 5.02 Å². The van der Waals surface area contributed by atoms with Gasteiger partial charge in [-0.25, -0.2) is 13.1 Å². The number of nitrogens with zero attached hydrogens (tertiary/aromatic N) is 1. The van der Waals surface area contributed by atoms with Crippen LogP contribution in [-0.2, 0) is 10.0 Å². The molecule has 0 aliphatic carbocycles. The molecule has 2 N–H and O–H groups in total. The molecule has 2 aromatic carbocycles. The monoisotopic (exact) mass is 373 g/mol. The van der Waals surface area contributed by atoms with Crippen LogP contribution in [0.15, 0.2) is 72.3 Å². The van der Waals surface area contributed by atoms with Gasteiger partial charge in [0.2, 0.25) is 10.0 Å². The van der Waals surface area contributed by atoms with E-state index in [1.54, 1.807) is 36.5 Å². The van der Waals surface area contributed by atoms with Gasteiger partial charge in [0.05, 0.1) is 15.4 Å². The molecule has 0 spiro atoms. The Morgan fingerprint density at radius 3 is 2.60 bits per heavy atom. The van der Waals surface area contributed by atoms with Gasteiger partial charge in [0.15, 0.2) is 0 Å². The Kier molecular flexibility index (Phi) is 5.03. The highest BCUT2D eigenvalue weighted by molar-refractivity contribution is 7.89. The molecule has 0 saturated heterocycles. The van der Waals surface area contributed by atoms with Crippen molar-refractivity contribution in [2.45, 2.75) is 4.90 Å². The Morgan fingerprint density at radius 2 is 1.88 bits per heavy atom. The van der Waals surface area contributed by atoms with Crippen molar-refractivity contribution in [2.24, 2.45) is 0 Å². The summed E-state index contributed by atoms with van der Waals surface area (Å²) in [6, 6.07) is 13.9. The topological polar surface area (TPSA) is 71.1 Å². The number of benzene rings is 2. The second-order valence-electron chi connectivity index (χ2n) is 5.28. The number of fused-ring (bicyclic) bond motifs is 1. The van der Waals surface area contributed by atoms with Gasteiger partial charge >= 0.3 is 0 Å². The smallest absolute Gasteiger partial charge is 0.240 e. The highest BCUT2D eigenvalue weighted by Gasteiger charge is 2.12. The molecule has 128 valence electrons. The van der Waals surface area contributed by atoms with E-state index in [1.165, 1.54) is 6.08 Å². The fraction of sp³-hybridized carbons (Fsp3) is 0.0556. The number of rotatable bonds is 6. The third-order valence-electron chi connectivity index (χ3n) is 3.58. The van der Waals surface area contributed by atoms with Gasteiger partial charge in [-0.1, -0.05) is 29.8 Å². The molecule has 0 fully saturated rings. The third kappa shape index (κ3) is 3.82. The SMILES string of the molecule is C=CCNS(=O)(=O)c1ccc(Nc2ccnc3c(Cl)cccc23)cc1. The quantitative estimate of drug-likeness (QED) is 0.638. The first-order chi connectivity index (χ1) is 12.0. The number of para-hydroxylation sites is 1. The molecule has 5 nitrogen and oxygen atoms in total. The Labute approximate surface area is 151 Å². The summed E-state index contributed by atoms with van der Waals surface area (Å²) in [5.41, 5.74) is 2.31. The Hall–Kier alpha value is -2.41. The molecular weight excluding hydrogens is 358 g/mol. The molecule has 0 saturated carbocycles. The van der Waals surface area contributed by atoms with E-state index in [9.17, 15) is 8.42 Å². The van der Waals surface area contributed by atoms with Gasteiger partial charge in [-0.3, -0.25) is 4.98 Å². The molecule has 1 aromatic heterocycles. The first kappa shape index (κ1) is 17.4. The van der Waals surface area contributed by atoms with Crippen LogP contribution in [0.5, 0.6) is 0 Å². The summed E-state index contributed by atoms with van der Waals surface area (Å²) in [6.07, 6.45) is 3.17. The van der Waals surface area contributed by atoms with Gasteiger partial charge in [0.25, 0.3) is 0 Å². The fourth-order valence-electron chi connectivity index (χ4n) is 2.37. The van der Waals surface area contributed by atoms with Crippen LogP contribution in [0.4, 0.5) is 11.4 Å². The molecule has 1 heterocycles. The van der Waals surface area contributed by atoms with Crippen LogP contribution in [-0.4, -0.2) is 19.9 Å². The number of hydrogen-bond donors (Lipinski definition) is 2. The number of halogens is 1. The molecule has 0 radical (unpaired) electrons. The number of anilines is 2. The predicted molar refractivity (Wildman–Crippen MR) is 102 cm³/mol. The van der Waals surface area contributed by atoms with Crippen molar-refractivity contribution in [1.82, 2.24) is 9.71 Å². The van der Waals surface area contributed by atoms with Crippen molar-refractivity contribution in [1.29, 1.82) is 0 Å². The number of aromatic nitrogens is 1. The van der Waals surface area contributed by atoms with E-state index in [1.807, 2.05) is 18.2 Å². The zero-order chi connectivity index (χ0) is 17.9. The minimum Gasteiger partial charge on any atom is -0.355 e. The zero-order valence-corrected chi connectivity index (χ0v) is 14.8. The highest BCUT2D eigenvalue weighted by atomic mass is 35.5. The molecule has 0 aliphatic rings. The molecule has 7 heteroatoms. The fourth-order valence-corrected chi connectivity index (χ4v) is 3.60. The maximum Gasteiger partial charge on any atom is 0.240 e. The van der Waals surface area contributed by atoms with E-state index in [4.69, 9.17) is 11.6 Å². The lowest BCUT2D eigenvalue weighted by atomic mass is 10.2. The Balaban J connectivity index is 1.88. The lowest BCUT2D eigenvalue weighted by Crippen LogP contribution is -2.23. The lowest BCUT2D eigenvalue weighted by Gasteiger charge is -2.11. The van der Waals surface area contributed by atoms with Gasteiger partial charge in [0, 0.05) is 29.5 Å². The molecular formula is C18H16ClN3O2S. The summed E-state index contributed by atoms with van der Waals surface area (Å²) in [5, 5.41) is 4.73. The Bertz CT molecular complexity index is 1020. The number of nitrogens with one attached hydrogen (secondary N) is 2. The van der Waals surface area contributed by atoms with Crippen LogP contribution in [0.25, 0.3) is 10.9 Å². The molecule has 0 unspecified atom stereocenters. The molecule has 3 aromatic rings. The molecule has 3 rings (SSSR count). The summed E-state index contributed by atoms with van der Waals surface area (Å²) in [7, 11) is -3.53. The van der Waals surface area contributed by atoms with E-state index in [-0.39, 0.29) is 11.4 Å². The second-order valence-corrected chi connectivity index (χ2v) is 7.46. The van der Waals surface area contributed by atoms with Crippen molar-refractivity contribution in [3.63, 3.8) is 0 Å². The average molecular weight is 374 g/mol. The van der Waals surface area contributed by atoms with Crippen molar-refractivity contribution in [2.75, 3.05) is 11.9 Å². The van der Waals surface area contributed by atoms with E-state index in [0.29, 0.717) is 10.5 Å². The minimum atomic E-state index is -3.53. The number of hydrogen-bond acceptors (Lipinski definition) is 4. The van der Waals surface area contributed by atoms with Gasteiger partial charge < -0.3 is 5.32 Å². The normalized spacial score (nSPS) is 11.4. The van der Waals surface area contributed by atoms with E-state index in [2.05, 4.69) is 21.6 Å². The van der Waals surface area contributed by atoms with Gasteiger partial charge in [-0.15, -0.1) is 6.58 Å². The van der Waals surface area contributed by atoms with Crippen LogP contribution >= 0.6 is 11.6 Å². The maximum atomic E-state index is 12.1. The van der Waals surface area contributed by atoms with Crippen molar-refractivity contribution in [3.05, 3.63) is 72.4 Å². The highest BCUT2D eigenvalue weighted by Crippen LogP contribution is 2.29. The molecule has 25 heavy (non-hydrogen) atoms. The van der Waals surface area contributed by atoms with Gasteiger partial charge in [-0.05, 0) is 36.4 Å². The summed E-state index contributed by atoms with van der Waals surface area (Å²) in [6.45, 7) is 3.68. The summed E-state index contributed by atoms with van der Waals surface area (Å²) in [4.78, 5) is 4.49. The molecule has 0 atom stereocenters. The molecule has 0 bridgehead atoms. The minimum absolute atomic E-state index is 0.187. The number of pyridine rings is 1. The first-order valence-corrected chi connectivity index (χ1v) is 9.38. The van der Waals surface area contributed by atoms with E-state index < -0.39 is 10.0 Å². The Morgan fingerprint density at radius 1 is 1.12 bits per heavy atom. The predicted octanol–water partition coefficient (Wildman–Crippen LogP) is 4.10. The van der Waals surface area contributed by atoms with Crippen molar-refractivity contribution in [3.8, 4) is 0 Å². The van der Waals surface area contributed by atoms with Crippen molar-refractivity contribution < 1.29 is 8.42 Å². The van der Waals surface area contributed by atoms with Crippen LogP contribution < -0.4 is 10.0 Å². The molecule has 0 aliphatic heterocycles. The maximum absolute atomic E-state index is 12.1. The summed E-state index contributed by atoms with van der Waals surface area (Å²) < 4.78 is 26.6.